The minimum Gasteiger partial charge on any atom is -0.455 e. The molecular weight excluding hydrogens is 647 g/mol. The summed E-state index contributed by atoms with van der Waals surface area (Å²) in [7, 11) is 0. The SMILES string of the molecule is c1ccc(-c2ccc3c(ccc4cc(-c5nc(-c6cccc7c6oc6ccccc67)nc(-c6cccc7ccc8ccccc8c67)n5)ccc43)c2)cc1. The van der Waals surface area contributed by atoms with Gasteiger partial charge in [-0.2, -0.15) is 0 Å². The minimum absolute atomic E-state index is 0.568. The van der Waals surface area contributed by atoms with Crippen molar-refractivity contribution in [2.24, 2.45) is 0 Å². The number of hydrogen-bond acceptors (Lipinski definition) is 4. The van der Waals surface area contributed by atoms with E-state index >= 15 is 0 Å². The molecule has 0 aliphatic heterocycles. The highest BCUT2D eigenvalue weighted by Gasteiger charge is 2.19. The molecule has 2 aromatic heterocycles. The number of para-hydroxylation sites is 2. The Hall–Kier alpha value is -7.17. The van der Waals surface area contributed by atoms with Crippen molar-refractivity contribution >= 4 is 65.0 Å². The number of aromatic nitrogens is 3. The highest BCUT2D eigenvalue weighted by Crippen LogP contribution is 2.39. The highest BCUT2D eigenvalue weighted by molar-refractivity contribution is 6.14. The molecule has 0 spiro atoms. The first-order valence-corrected chi connectivity index (χ1v) is 17.9. The number of rotatable bonds is 4. The maximum atomic E-state index is 6.49. The summed E-state index contributed by atoms with van der Waals surface area (Å²) in [5.41, 5.74) is 6.73. The van der Waals surface area contributed by atoms with Crippen molar-refractivity contribution in [3.8, 4) is 45.3 Å². The Morgan fingerprint density at radius 2 is 0.906 bits per heavy atom. The summed E-state index contributed by atoms with van der Waals surface area (Å²) in [5, 5.41) is 11.4. The molecule has 0 fully saturated rings. The van der Waals surface area contributed by atoms with Crippen LogP contribution in [0.15, 0.2) is 180 Å². The molecule has 11 rings (SSSR count). The molecule has 9 aromatic carbocycles. The maximum Gasteiger partial charge on any atom is 0.167 e. The van der Waals surface area contributed by atoms with Gasteiger partial charge in [-0.05, 0) is 73.1 Å². The van der Waals surface area contributed by atoms with Gasteiger partial charge in [-0.25, -0.2) is 15.0 Å². The standard InChI is InChI=1S/C49H29N3O/c1-2-10-30(11-3-1)33-24-26-37-34(28-33)22-23-35-29-36(25-27-38(35)37)47-50-48(42-17-8-13-32-21-20-31-12-4-5-14-39(31)45(32)42)52-49(51-47)43-18-9-16-41-40-15-6-7-19-44(40)53-46(41)43/h1-29H. The summed E-state index contributed by atoms with van der Waals surface area (Å²) < 4.78 is 6.49. The molecule has 4 nitrogen and oxygen atoms in total. The van der Waals surface area contributed by atoms with E-state index in [-0.39, 0.29) is 0 Å². The lowest BCUT2D eigenvalue weighted by molar-refractivity contribution is 0.669. The van der Waals surface area contributed by atoms with Crippen molar-refractivity contribution in [2.75, 3.05) is 0 Å². The molecule has 0 saturated carbocycles. The summed E-state index contributed by atoms with van der Waals surface area (Å²) in [5.74, 6) is 1.79. The molecule has 0 unspecified atom stereocenters. The first kappa shape index (κ1) is 29.5. The molecule has 0 saturated heterocycles. The van der Waals surface area contributed by atoms with Crippen LogP contribution in [-0.4, -0.2) is 15.0 Å². The number of benzene rings is 9. The quantitative estimate of drug-likeness (QED) is 0.174. The summed E-state index contributed by atoms with van der Waals surface area (Å²) >= 11 is 0. The fourth-order valence-electron chi connectivity index (χ4n) is 7.94. The smallest absolute Gasteiger partial charge is 0.167 e. The number of hydrogen-bond donors (Lipinski definition) is 0. The van der Waals surface area contributed by atoms with E-state index in [4.69, 9.17) is 19.4 Å². The second-order valence-electron chi connectivity index (χ2n) is 13.6. The van der Waals surface area contributed by atoms with Crippen molar-refractivity contribution in [1.82, 2.24) is 15.0 Å². The van der Waals surface area contributed by atoms with Gasteiger partial charge in [-0.1, -0.05) is 152 Å². The van der Waals surface area contributed by atoms with Crippen molar-refractivity contribution in [3.05, 3.63) is 176 Å². The topological polar surface area (TPSA) is 51.8 Å². The van der Waals surface area contributed by atoms with Gasteiger partial charge in [0.25, 0.3) is 0 Å². The maximum absolute atomic E-state index is 6.49. The lowest BCUT2D eigenvalue weighted by atomic mass is 9.96. The third-order valence-corrected chi connectivity index (χ3v) is 10.5. The van der Waals surface area contributed by atoms with Gasteiger partial charge in [0.05, 0.1) is 5.56 Å². The largest absolute Gasteiger partial charge is 0.455 e. The molecule has 53 heavy (non-hydrogen) atoms. The molecule has 11 aromatic rings. The van der Waals surface area contributed by atoms with E-state index in [1.807, 2.05) is 24.3 Å². The fourth-order valence-corrected chi connectivity index (χ4v) is 7.94. The first-order chi connectivity index (χ1) is 26.2. The first-order valence-electron chi connectivity index (χ1n) is 17.9. The molecular formula is C49H29N3O. The molecule has 0 amide bonds. The van der Waals surface area contributed by atoms with Crippen molar-refractivity contribution in [2.45, 2.75) is 0 Å². The van der Waals surface area contributed by atoms with Gasteiger partial charge in [0.15, 0.2) is 17.5 Å². The van der Waals surface area contributed by atoms with Crippen LogP contribution >= 0.6 is 0 Å². The van der Waals surface area contributed by atoms with Gasteiger partial charge in [0.1, 0.15) is 11.2 Å². The molecule has 4 heteroatoms. The van der Waals surface area contributed by atoms with Gasteiger partial charge in [0.2, 0.25) is 0 Å². The van der Waals surface area contributed by atoms with E-state index in [9.17, 15) is 0 Å². The number of nitrogens with zero attached hydrogens (tertiary/aromatic N) is 3. The van der Waals surface area contributed by atoms with E-state index in [0.29, 0.717) is 17.5 Å². The van der Waals surface area contributed by atoms with Crippen LogP contribution in [0.25, 0.3) is 110 Å². The lowest BCUT2D eigenvalue weighted by Gasteiger charge is -2.13. The molecule has 246 valence electrons. The Balaban J connectivity index is 1.13. The Morgan fingerprint density at radius 1 is 0.321 bits per heavy atom. The highest BCUT2D eigenvalue weighted by atomic mass is 16.3. The van der Waals surface area contributed by atoms with Crippen LogP contribution in [0.2, 0.25) is 0 Å². The van der Waals surface area contributed by atoms with Gasteiger partial charge in [0, 0.05) is 27.3 Å². The molecule has 0 N–H and O–H groups in total. The van der Waals surface area contributed by atoms with Gasteiger partial charge >= 0.3 is 0 Å². The van der Waals surface area contributed by atoms with Crippen LogP contribution in [0.1, 0.15) is 0 Å². The monoisotopic (exact) mass is 675 g/mol. The predicted molar refractivity (Wildman–Crippen MR) is 219 cm³/mol. The van der Waals surface area contributed by atoms with Crippen molar-refractivity contribution < 1.29 is 4.42 Å². The molecule has 0 bridgehead atoms. The fraction of sp³-hybridized carbons (Fsp3) is 0. The van der Waals surface area contributed by atoms with E-state index in [1.54, 1.807) is 0 Å². The van der Waals surface area contributed by atoms with Gasteiger partial charge in [-0.15, -0.1) is 0 Å². The molecule has 0 radical (unpaired) electrons. The van der Waals surface area contributed by atoms with Crippen LogP contribution in [0.3, 0.4) is 0 Å². The molecule has 0 atom stereocenters. The molecule has 0 aliphatic carbocycles. The van der Waals surface area contributed by atoms with Crippen LogP contribution in [0.5, 0.6) is 0 Å². The van der Waals surface area contributed by atoms with Crippen LogP contribution in [0.4, 0.5) is 0 Å². The van der Waals surface area contributed by atoms with E-state index in [1.165, 1.54) is 32.7 Å². The third-order valence-electron chi connectivity index (χ3n) is 10.5. The predicted octanol–water partition coefficient (Wildman–Crippen LogP) is 13.1. The summed E-state index contributed by atoms with van der Waals surface area (Å²) in [6.45, 7) is 0. The van der Waals surface area contributed by atoms with Gasteiger partial charge < -0.3 is 4.42 Å². The Morgan fingerprint density at radius 3 is 1.75 bits per heavy atom. The average molecular weight is 676 g/mol. The Bertz CT molecular complexity index is 3240. The van der Waals surface area contributed by atoms with Crippen LogP contribution < -0.4 is 0 Å². The minimum atomic E-state index is 0.568. The molecule has 2 heterocycles. The second-order valence-corrected chi connectivity index (χ2v) is 13.6. The van der Waals surface area contributed by atoms with E-state index in [2.05, 4.69) is 152 Å². The summed E-state index contributed by atoms with van der Waals surface area (Å²) in [6, 6.07) is 61.7. The zero-order valence-electron chi connectivity index (χ0n) is 28.5. The average Bonchev–Trinajstić information content (AvgIpc) is 3.62. The lowest BCUT2D eigenvalue weighted by Crippen LogP contribution is -2.01. The van der Waals surface area contributed by atoms with Gasteiger partial charge in [-0.3, -0.25) is 0 Å². The molecule has 0 aliphatic rings. The Kier molecular flexibility index (Phi) is 6.52. The summed E-state index contributed by atoms with van der Waals surface area (Å²) in [4.78, 5) is 15.7. The third kappa shape index (κ3) is 4.80. The number of furan rings is 1. The van der Waals surface area contributed by atoms with Crippen LogP contribution in [0, 0.1) is 0 Å². The second kappa shape index (κ2) is 11.7. The van der Waals surface area contributed by atoms with Crippen LogP contribution in [-0.2, 0) is 0 Å². The van der Waals surface area contributed by atoms with E-state index < -0.39 is 0 Å². The van der Waals surface area contributed by atoms with E-state index in [0.717, 1.165) is 60.2 Å². The summed E-state index contributed by atoms with van der Waals surface area (Å²) in [6.07, 6.45) is 0. The zero-order chi connectivity index (χ0) is 34.9. The Labute approximate surface area is 304 Å². The van der Waals surface area contributed by atoms with Crippen molar-refractivity contribution in [3.63, 3.8) is 0 Å². The normalized spacial score (nSPS) is 11.8. The zero-order valence-corrected chi connectivity index (χ0v) is 28.5. The number of fused-ring (bicyclic) bond motifs is 9. The van der Waals surface area contributed by atoms with Crippen molar-refractivity contribution in [1.29, 1.82) is 0 Å².